The number of carbonyl (C=O) groups is 1. The molecule has 0 radical (unpaired) electrons. The third-order valence-electron chi connectivity index (χ3n) is 5.94. The number of amides is 1. The molecule has 140 valence electrons. The van der Waals surface area contributed by atoms with Crippen LogP contribution in [0.25, 0.3) is 10.2 Å². The zero-order valence-electron chi connectivity index (χ0n) is 15.8. The van der Waals surface area contributed by atoms with Crippen molar-refractivity contribution in [3.05, 3.63) is 23.3 Å². The summed E-state index contributed by atoms with van der Waals surface area (Å²) in [6.45, 7) is 5.70. The van der Waals surface area contributed by atoms with E-state index in [1.165, 1.54) is 30.4 Å². The van der Waals surface area contributed by atoms with E-state index in [0.29, 0.717) is 6.54 Å². The standard InChI is InChI=1S/C21H28N2O2S/c1-14-10-11-18-19(15(14)2)22-21(26-18)23(13-17-9-6-12-25-17)20(24)16-7-4-3-5-8-16/h10-11,16-17H,3-9,12-13H2,1-2H3. The summed E-state index contributed by atoms with van der Waals surface area (Å²) in [5, 5.41) is 0.847. The summed E-state index contributed by atoms with van der Waals surface area (Å²) < 4.78 is 7.01. The van der Waals surface area contributed by atoms with Crippen molar-refractivity contribution < 1.29 is 9.53 Å². The molecule has 0 N–H and O–H groups in total. The molecular weight excluding hydrogens is 344 g/mol. The van der Waals surface area contributed by atoms with Gasteiger partial charge < -0.3 is 4.74 Å². The molecule has 4 nitrogen and oxygen atoms in total. The summed E-state index contributed by atoms with van der Waals surface area (Å²) in [6.07, 6.45) is 7.91. The van der Waals surface area contributed by atoms with Crippen molar-refractivity contribution in [1.82, 2.24) is 4.98 Å². The van der Waals surface area contributed by atoms with Gasteiger partial charge >= 0.3 is 0 Å². The van der Waals surface area contributed by atoms with Crippen LogP contribution >= 0.6 is 11.3 Å². The van der Waals surface area contributed by atoms with Crippen molar-refractivity contribution in [3.8, 4) is 0 Å². The number of thiazole rings is 1. The van der Waals surface area contributed by atoms with Crippen LogP contribution in [0.5, 0.6) is 0 Å². The largest absolute Gasteiger partial charge is 0.376 e. The number of rotatable bonds is 4. The SMILES string of the molecule is Cc1ccc2sc(N(CC3CCCO3)C(=O)C3CCCCC3)nc2c1C. The summed E-state index contributed by atoms with van der Waals surface area (Å²) in [7, 11) is 0. The van der Waals surface area contributed by atoms with Crippen molar-refractivity contribution in [2.24, 2.45) is 5.92 Å². The van der Waals surface area contributed by atoms with Crippen molar-refractivity contribution in [3.63, 3.8) is 0 Å². The summed E-state index contributed by atoms with van der Waals surface area (Å²) in [4.78, 5) is 20.2. The van der Waals surface area contributed by atoms with Gasteiger partial charge in [-0.3, -0.25) is 9.69 Å². The van der Waals surface area contributed by atoms with E-state index >= 15 is 0 Å². The lowest BCUT2D eigenvalue weighted by Gasteiger charge is -2.29. The second kappa shape index (κ2) is 7.65. The normalized spacial score (nSPS) is 21.4. The Morgan fingerprint density at radius 2 is 2.00 bits per heavy atom. The fraction of sp³-hybridized carbons (Fsp3) is 0.619. The number of aromatic nitrogens is 1. The molecular formula is C21H28N2O2S. The van der Waals surface area contributed by atoms with Gasteiger partial charge in [0, 0.05) is 12.5 Å². The molecule has 2 fully saturated rings. The first-order valence-electron chi connectivity index (χ1n) is 9.93. The van der Waals surface area contributed by atoms with Crippen LogP contribution in [0.2, 0.25) is 0 Å². The van der Waals surface area contributed by atoms with Gasteiger partial charge in [-0.2, -0.15) is 0 Å². The quantitative estimate of drug-likeness (QED) is 0.758. The third kappa shape index (κ3) is 3.52. The van der Waals surface area contributed by atoms with Gasteiger partial charge in [0.1, 0.15) is 0 Å². The Morgan fingerprint density at radius 3 is 2.73 bits per heavy atom. The van der Waals surface area contributed by atoms with Gasteiger partial charge in [-0.15, -0.1) is 0 Å². The Kier molecular flexibility index (Phi) is 5.28. The molecule has 5 heteroatoms. The van der Waals surface area contributed by atoms with Crippen LogP contribution in [0.3, 0.4) is 0 Å². The summed E-state index contributed by atoms with van der Waals surface area (Å²) in [5.41, 5.74) is 3.50. The summed E-state index contributed by atoms with van der Waals surface area (Å²) >= 11 is 1.64. The molecule has 0 spiro atoms. The first-order valence-corrected chi connectivity index (χ1v) is 10.7. The average molecular weight is 373 g/mol. The van der Waals surface area contributed by atoms with Gasteiger partial charge in [-0.05, 0) is 56.7 Å². The zero-order chi connectivity index (χ0) is 18.1. The fourth-order valence-electron chi connectivity index (χ4n) is 4.15. The van der Waals surface area contributed by atoms with Gasteiger partial charge in [0.15, 0.2) is 5.13 Å². The highest BCUT2D eigenvalue weighted by Gasteiger charge is 2.31. The van der Waals surface area contributed by atoms with Crippen LogP contribution in [-0.4, -0.2) is 30.1 Å². The molecule has 1 unspecified atom stereocenters. The Bertz CT molecular complexity index is 789. The Labute approximate surface area is 159 Å². The number of fused-ring (bicyclic) bond motifs is 1. The molecule has 1 aromatic heterocycles. The van der Waals surface area contributed by atoms with E-state index in [9.17, 15) is 4.79 Å². The van der Waals surface area contributed by atoms with Gasteiger partial charge in [0.05, 0.1) is 22.9 Å². The molecule has 1 aliphatic heterocycles. The van der Waals surface area contributed by atoms with Crippen LogP contribution < -0.4 is 4.90 Å². The third-order valence-corrected chi connectivity index (χ3v) is 6.98. The Morgan fingerprint density at radius 1 is 1.19 bits per heavy atom. The van der Waals surface area contributed by atoms with Gasteiger partial charge in [0.2, 0.25) is 5.91 Å². The van der Waals surface area contributed by atoms with E-state index in [0.717, 1.165) is 47.6 Å². The van der Waals surface area contributed by atoms with Crippen molar-refractivity contribution in [2.75, 3.05) is 18.1 Å². The minimum Gasteiger partial charge on any atom is -0.376 e. The fourth-order valence-corrected chi connectivity index (χ4v) is 5.19. The van der Waals surface area contributed by atoms with Gasteiger partial charge in [-0.25, -0.2) is 4.98 Å². The van der Waals surface area contributed by atoms with Gasteiger partial charge in [0.25, 0.3) is 0 Å². The maximum atomic E-state index is 13.4. The highest BCUT2D eigenvalue weighted by atomic mass is 32.1. The number of ether oxygens (including phenoxy) is 1. The molecule has 4 rings (SSSR count). The molecule has 1 atom stereocenters. The number of anilines is 1. The van der Waals surface area contributed by atoms with Crippen molar-refractivity contribution in [2.45, 2.75) is 64.9 Å². The molecule has 1 saturated heterocycles. The molecule has 2 aliphatic rings. The first kappa shape index (κ1) is 17.9. The predicted molar refractivity (Wildman–Crippen MR) is 107 cm³/mol. The number of hydrogen-bond donors (Lipinski definition) is 0. The van der Waals surface area contributed by atoms with Crippen LogP contribution in [0.1, 0.15) is 56.1 Å². The molecule has 26 heavy (non-hydrogen) atoms. The second-order valence-corrected chi connectivity index (χ2v) is 8.78. The summed E-state index contributed by atoms with van der Waals surface area (Å²) in [6, 6.07) is 4.28. The van der Waals surface area contributed by atoms with Crippen molar-refractivity contribution >= 4 is 32.6 Å². The molecule has 2 heterocycles. The lowest BCUT2D eigenvalue weighted by atomic mass is 9.88. The highest BCUT2D eigenvalue weighted by Crippen LogP contribution is 2.35. The lowest BCUT2D eigenvalue weighted by Crippen LogP contribution is -2.41. The maximum Gasteiger partial charge on any atom is 0.231 e. The minimum atomic E-state index is 0.150. The van der Waals surface area contributed by atoms with E-state index in [2.05, 4.69) is 26.0 Å². The van der Waals surface area contributed by atoms with Crippen LogP contribution in [0.4, 0.5) is 5.13 Å². The number of nitrogens with zero attached hydrogens (tertiary/aromatic N) is 2. The molecule has 1 amide bonds. The predicted octanol–water partition coefficient (Wildman–Crippen LogP) is 5.01. The Hall–Kier alpha value is -1.46. The molecule has 1 aromatic carbocycles. The van der Waals surface area contributed by atoms with E-state index in [4.69, 9.17) is 9.72 Å². The molecule has 0 bridgehead atoms. The van der Waals surface area contributed by atoms with Gasteiger partial charge in [-0.1, -0.05) is 36.7 Å². The molecule has 1 saturated carbocycles. The lowest BCUT2D eigenvalue weighted by molar-refractivity contribution is -0.123. The highest BCUT2D eigenvalue weighted by molar-refractivity contribution is 7.22. The average Bonchev–Trinajstić information content (AvgIpc) is 3.33. The smallest absolute Gasteiger partial charge is 0.231 e. The number of carbonyl (C=O) groups excluding carboxylic acids is 1. The first-order chi connectivity index (χ1) is 12.6. The minimum absolute atomic E-state index is 0.150. The Balaban J connectivity index is 1.67. The number of hydrogen-bond acceptors (Lipinski definition) is 4. The monoisotopic (exact) mass is 372 g/mol. The maximum absolute atomic E-state index is 13.4. The van der Waals surface area contributed by atoms with E-state index < -0.39 is 0 Å². The topological polar surface area (TPSA) is 42.4 Å². The van der Waals surface area contributed by atoms with Crippen LogP contribution in [0, 0.1) is 19.8 Å². The second-order valence-electron chi connectivity index (χ2n) is 7.77. The molecule has 1 aliphatic carbocycles. The van der Waals surface area contributed by atoms with Crippen LogP contribution in [-0.2, 0) is 9.53 Å². The number of benzene rings is 1. The van der Waals surface area contributed by atoms with Crippen molar-refractivity contribution in [1.29, 1.82) is 0 Å². The summed E-state index contributed by atoms with van der Waals surface area (Å²) in [5.74, 6) is 0.411. The zero-order valence-corrected chi connectivity index (χ0v) is 16.6. The van der Waals surface area contributed by atoms with E-state index in [1.54, 1.807) is 11.3 Å². The van der Waals surface area contributed by atoms with Crippen LogP contribution in [0.15, 0.2) is 12.1 Å². The van der Waals surface area contributed by atoms with E-state index in [-0.39, 0.29) is 17.9 Å². The molecule has 2 aromatic rings. The number of aryl methyl sites for hydroxylation is 2. The van der Waals surface area contributed by atoms with E-state index in [1.807, 2.05) is 4.90 Å².